The molecule has 23 heavy (non-hydrogen) atoms. The number of benzene rings is 2. The number of anilines is 2. The topological polar surface area (TPSA) is 75.3 Å². The highest BCUT2D eigenvalue weighted by atomic mass is 16.4. The van der Waals surface area contributed by atoms with E-state index in [9.17, 15) is 9.90 Å². The minimum absolute atomic E-state index is 0.141. The van der Waals surface area contributed by atoms with Crippen molar-refractivity contribution < 1.29 is 9.90 Å². The maximum atomic E-state index is 11.6. The second kappa shape index (κ2) is 6.32. The van der Waals surface area contributed by atoms with Crippen molar-refractivity contribution in [2.24, 2.45) is 5.92 Å². The van der Waals surface area contributed by atoms with Crippen LogP contribution in [0.25, 0.3) is 0 Å². The van der Waals surface area contributed by atoms with Crippen LogP contribution in [-0.4, -0.2) is 11.1 Å². The Hall–Kier alpha value is -2.49. The molecule has 2 atom stereocenters. The standard InChI is InChI=1S/C19H22N2O2/c1-12-7-8-15-14(17(12)19(22)23)9-10-16(18(15)20)21-11-13-5-3-2-4-6-13/h2-6,9-10,12,17,21H,7-8,11,20H2,1H3,(H,22,23)/t12-,17?/m0/s1. The van der Waals surface area contributed by atoms with Crippen LogP contribution in [0, 0.1) is 5.92 Å². The second-order valence-electron chi connectivity index (χ2n) is 6.27. The summed E-state index contributed by atoms with van der Waals surface area (Å²) in [4.78, 5) is 11.6. The van der Waals surface area contributed by atoms with Crippen LogP contribution < -0.4 is 11.1 Å². The molecule has 120 valence electrons. The average molecular weight is 310 g/mol. The van der Waals surface area contributed by atoms with Gasteiger partial charge in [-0.2, -0.15) is 0 Å². The molecule has 0 saturated carbocycles. The van der Waals surface area contributed by atoms with Gasteiger partial charge in [-0.25, -0.2) is 0 Å². The molecular formula is C19H22N2O2. The minimum Gasteiger partial charge on any atom is -0.481 e. The molecule has 0 aromatic heterocycles. The van der Waals surface area contributed by atoms with Crippen molar-refractivity contribution in [1.82, 2.24) is 0 Å². The fourth-order valence-electron chi connectivity index (χ4n) is 3.42. The quantitative estimate of drug-likeness (QED) is 0.754. The number of aliphatic carboxylic acids is 1. The summed E-state index contributed by atoms with van der Waals surface area (Å²) in [5, 5.41) is 12.9. The average Bonchev–Trinajstić information content (AvgIpc) is 2.54. The minimum atomic E-state index is -0.761. The molecule has 4 N–H and O–H groups in total. The van der Waals surface area contributed by atoms with Gasteiger partial charge < -0.3 is 16.2 Å². The monoisotopic (exact) mass is 310 g/mol. The molecule has 0 fully saturated rings. The van der Waals surface area contributed by atoms with E-state index in [1.807, 2.05) is 37.3 Å². The summed E-state index contributed by atoms with van der Waals surface area (Å²) < 4.78 is 0. The molecule has 1 unspecified atom stereocenters. The fraction of sp³-hybridized carbons (Fsp3) is 0.316. The molecule has 3 rings (SSSR count). The first-order valence-corrected chi connectivity index (χ1v) is 7.99. The van der Waals surface area contributed by atoms with E-state index in [0.29, 0.717) is 12.2 Å². The van der Waals surface area contributed by atoms with Gasteiger partial charge in [0.2, 0.25) is 0 Å². The third kappa shape index (κ3) is 3.02. The number of carboxylic acids is 1. The lowest BCUT2D eigenvalue weighted by molar-refractivity contribution is -0.140. The van der Waals surface area contributed by atoms with Gasteiger partial charge in [-0.1, -0.05) is 43.3 Å². The third-order valence-corrected chi connectivity index (χ3v) is 4.74. The lowest BCUT2D eigenvalue weighted by Crippen LogP contribution is -2.26. The van der Waals surface area contributed by atoms with Crippen molar-refractivity contribution >= 4 is 17.3 Å². The van der Waals surface area contributed by atoms with Crippen LogP contribution in [0.4, 0.5) is 11.4 Å². The van der Waals surface area contributed by atoms with E-state index in [1.165, 1.54) is 5.56 Å². The predicted octanol–water partition coefficient (Wildman–Crippen LogP) is 3.63. The Labute approximate surface area is 136 Å². The van der Waals surface area contributed by atoms with E-state index < -0.39 is 11.9 Å². The lowest BCUT2D eigenvalue weighted by atomic mass is 9.75. The first-order chi connectivity index (χ1) is 11.1. The number of hydrogen-bond donors (Lipinski definition) is 3. The first kappa shape index (κ1) is 15.4. The maximum absolute atomic E-state index is 11.6. The molecule has 4 heteroatoms. The van der Waals surface area contributed by atoms with Crippen LogP contribution in [0.3, 0.4) is 0 Å². The highest BCUT2D eigenvalue weighted by Crippen LogP contribution is 2.41. The molecule has 0 bridgehead atoms. The number of hydrogen-bond acceptors (Lipinski definition) is 3. The zero-order valence-electron chi connectivity index (χ0n) is 13.3. The molecule has 0 spiro atoms. The maximum Gasteiger partial charge on any atom is 0.311 e. The Kier molecular flexibility index (Phi) is 4.24. The third-order valence-electron chi connectivity index (χ3n) is 4.74. The molecule has 1 aliphatic rings. The Bertz CT molecular complexity index is 713. The second-order valence-corrected chi connectivity index (χ2v) is 6.27. The number of rotatable bonds is 4. The van der Waals surface area contributed by atoms with Crippen LogP contribution >= 0.6 is 0 Å². The largest absolute Gasteiger partial charge is 0.481 e. The van der Waals surface area contributed by atoms with Gasteiger partial charge in [0.1, 0.15) is 0 Å². The van der Waals surface area contributed by atoms with Crippen LogP contribution in [0.2, 0.25) is 0 Å². The summed E-state index contributed by atoms with van der Waals surface area (Å²) >= 11 is 0. The van der Waals surface area contributed by atoms with E-state index in [2.05, 4.69) is 17.4 Å². The smallest absolute Gasteiger partial charge is 0.311 e. The van der Waals surface area contributed by atoms with Crippen molar-refractivity contribution in [3.8, 4) is 0 Å². The normalized spacial score (nSPS) is 19.9. The SMILES string of the molecule is C[C@H]1CCc2c(ccc(NCc3ccccc3)c2N)C1C(=O)O. The summed E-state index contributed by atoms with van der Waals surface area (Å²) in [5.41, 5.74) is 10.9. The molecule has 2 aromatic carbocycles. The summed E-state index contributed by atoms with van der Waals surface area (Å²) in [6.07, 6.45) is 1.70. The van der Waals surface area contributed by atoms with E-state index in [1.54, 1.807) is 0 Å². The Morgan fingerprint density at radius 2 is 2.00 bits per heavy atom. The van der Waals surface area contributed by atoms with E-state index in [0.717, 1.165) is 29.7 Å². The van der Waals surface area contributed by atoms with Crippen LogP contribution in [0.15, 0.2) is 42.5 Å². The predicted molar refractivity (Wildman–Crippen MR) is 92.5 cm³/mol. The van der Waals surface area contributed by atoms with Crippen molar-refractivity contribution in [3.05, 3.63) is 59.2 Å². The van der Waals surface area contributed by atoms with Gasteiger partial charge in [0.15, 0.2) is 0 Å². The molecule has 0 aliphatic heterocycles. The molecule has 2 aromatic rings. The zero-order valence-corrected chi connectivity index (χ0v) is 13.3. The summed E-state index contributed by atoms with van der Waals surface area (Å²) in [6.45, 7) is 2.70. The molecular weight excluding hydrogens is 288 g/mol. The van der Waals surface area contributed by atoms with Crippen molar-refractivity contribution in [3.63, 3.8) is 0 Å². The number of carboxylic acid groups (broad SMARTS) is 1. The van der Waals surface area contributed by atoms with Gasteiger partial charge in [-0.3, -0.25) is 4.79 Å². The van der Waals surface area contributed by atoms with E-state index in [4.69, 9.17) is 5.73 Å². The van der Waals surface area contributed by atoms with E-state index >= 15 is 0 Å². The Morgan fingerprint density at radius 3 is 2.70 bits per heavy atom. The number of nitrogen functional groups attached to an aromatic ring is 1. The number of nitrogens with one attached hydrogen (secondary N) is 1. The molecule has 1 aliphatic carbocycles. The molecule has 0 saturated heterocycles. The Morgan fingerprint density at radius 1 is 1.26 bits per heavy atom. The highest BCUT2D eigenvalue weighted by Gasteiger charge is 2.33. The lowest BCUT2D eigenvalue weighted by Gasteiger charge is -2.30. The first-order valence-electron chi connectivity index (χ1n) is 7.99. The molecule has 4 nitrogen and oxygen atoms in total. The van der Waals surface area contributed by atoms with Gasteiger partial charge in [0.25, 0.3) is 0 Å². The van der Waals surface area contributed by atoms with Gasteiger partial charge >= 0.3 is 5.97 Å². The van der Waals surface area contributed by atoms with Crippen LogP contribution in [0.1, 0.15) is 36.0 Å². The zero-order chi connectivity index (χ0) is 16.4. The summed E-state index contributed by atoms with van der Waals surface area (Å²) in [5.74, 6) is -1.07. The molecule has 0 amide bonds. The van der Waals surface area contributed by atoms with Crippen molar-refractivity contribution in [2.75, 3.05) is 11.1 Å². The number of nitrogens with two attached hydrogens (primary N) is 1. The van der Waals surface area contributed by atoms with Crippen molar-refractivity contribution in [2.45, 2.75) is 32.2 Å². The van der Waals surface area contributed by atoms with Gasteiger partial charge in [-0.15, -0.1) is 0 Å². The Balaban J connectivity index is 1.86. The summed E-state index contributed by atoms with van der Waals surface area (Å²) in [7, 11) is 0. The van der Waals surface area contributed by atoms with Gasteiger partial charge in [-0.05, 0) is 41.5 Å². The number of carbonyl (C=O) groups is 1. The van der Waals surface area contributed by atoms with Gasteiger partial charge in [0.05, 0.1) is 17.3 Å². The molecule has 0 heterocycles. The molecule has 0 radical (unpaired) electrons. The fourth-order valence-corrected chi connectivity index (χ4v) is 3.42. The number of fused-ring (bicyclic) bond motifs is 1. The van der Waals surface area contributed by atoms with Gasteiger partial charge in [0, 0.05) is 6.54 Å². The summed E-state index contributed by atoms with van der Waals surface area (Å²) in [6, 6.07) is 14.0. The van der Waals surface area contributed by atoms with Crippen molar-refractivity contribution in [1.29, 1.82) is 0 Å². The van der Waals surface area contributed by atoms with E-state index in [-0.39, 0.29) is 5.92 Å². The van der Waals surface area contributed by atoms with Crippen LogP contribution in [-0.2, 0) is 17.8 Å². The highest BCUT2D eigenvalue weighted by molar-refractivity contribution is 5.81. The van der Waals surface area contributed by atoms with Crippen LogP contribution in [0.5, 0.6) is 0 Å².